The number of anilines is 1. The summed E-state index contributed by atoms with van der Waals surface area (Å²) in [6.07, 6.45) is 3.32. The van der Waals surface area contributed by atoms with E-state index in [1.165, 1.54) is 11.8 Å². The van der Waals surface area contributed by atoms with E-state index in [1.54, 1.807) is 18.2 Å². The summed E-state index contributed by atoms with van der Waals surface area (Å²) in [5, 5.41) is 8.81. The molecule has 1 aliphatic rings. The third kappa shape index (κ3) is 6.23. The molecule has 1 aliphatic heterocycles. The Bertz CT molecular complexity index is 1040. The number of amides is 3. The molecule has 0 spiro atoms. The van der Waals surface area contributed by atoms with Gasteiger partial charge < -0.3 is 20.4 Å². The van der Waals surface area contributed by atoms with Crippen molar-refractivity contribution in [2.75, 3.05) is 18.4 Å². The normalized spacial score (nSPS) is 15.5. The van der Waals surface area contributed by atoms with Crippen LogP contribution in [0.4, 0.5) is 10.5 Å². The minimum absolute atomic E-state index is 0.170. The van der Waals surface area contributed by atoms with Crippen LogP contribution in [0, 0.1) is 0 Å². The Labute approximate surface area is 194 Å². The fourth-order valence-electron chi connectivity index (χ4n) is 4.15. The summed E-state index contributed by atoms with van der Waals surface area (Å²) in [5.74, 6) is -0.0575. The lowest BCUT2D eigenvalue weighted by molar-refractivity contribution is 0.0996. The van der Waals surface area contributed by atoms with Gasteiger partial charge in [-0.05, 0) is 55.2 Å². The maximum Gasteiger partial charge on any atom is 0.315 e. The first kappa shape index (κ1) is 22.6. The average molecular weight is 447 g/mol. The number of carbonyl (C=O) groups excluding carboxylic acids is 2. The summed E-state index contributed by atoms with van der Waals surface area (Å²) in [7, 11) is 0. The molecule has 2 aromatic carbocycles. The topological polar surface area (TPSA) is 86.6 Å². The first-order valence-corrected chi connectivity index (χ1v) is 11.4. The Morgan fingerprint density at radius 2 is 1.82 bits per heavy atom. The lowest BCUT2D eigenvalue weighted by atomic mass is 10.0. The number of carbonyl (C=O) groups is 2. The van der Waals surface area contributed by atoms with E-state index in [9.17, 15) is 9.59 Å². The Morgan fingerprint density at radius 1 is 1.03 bits per heavy atom. The number of hydrogen-bond donors (Lipinski definition) is 3. The average Bonchev–Trinajstić information content (AvgIpc) is 3.39. The highest BCUT2D eigenvalue weighted by molar-refractivity contribution is 6.02. The second-order valence-corrected chi connectivity index (χ2v) is 8.36. The fourth-order valence-corrected chi connectivity index (χ4v) is 4.15. The molecule has 1 fully saturated rings. The Hall–Kier alpha value is -3.58. The van der Waals surface area contributed by atoms with Crippen molar-refractivity contribution in [2.24, 2.45) is 0 Å². The molecule has 7 nitrogen and oxygen atoms in total. The van der Waals surface area contributed by atoms with Crippen molar-refractivity contribution in [1.29, 1.82) is 0 Å². The smallest absolute Gasteiger partial charge is 0.315 e. The van der Waals surface area contributed by atoms with Crippen LogP contribution in [0.5, 0.6) is 0 Å². The van der Waals surface area contributed by atoms with Crippen LogP contribution in [0.1, 0.15) is 47.5 Å². The highest BCUT2D eigenvalue weighted by atomic mass is 16.3. The summed E-state index contributed by atoms with van der Waals surface area (Å²) in [6, 6.07) is 21.6. The van der Waals surface area contributed by atoms with E-state index in [1.807, 2.05) is 24.3 Å². The van der Waals surface area contributed by atoms with Crippen molar-refractivity contribution in [3.63, 3.8) is 0 Å². The predicted molar refractivity (Wildman–Crippen MR) is 128 cm³/mol. The largest absolute Gasteiger partial charge is 0.459 e. The number of hydrogen-bond acceptors (Lipinski definition) is 4. The SMILES string of the molecule is CC(c1ccccc1)N1CCC(NC(=O)NCc2cccc(NC(=O)c3ccco3)c2)CC1. The van der Waals surface area contributed by atoms with Crippen molar-refractivity contribution in [2.45, 2.75) is 38.4 Å². The summed E-state index contributed by atoms with van der Waals surface area (Å²) in [5.41, 5.74) is 2.87. The summed E-state index contributed by atoms with van der Waals surface area (Å²) in [4.78, 5) is 27.0. The summed E-state index contributed by atoms with van der Waals surface area (Å²) in [6.45, 7) is 4.53. The van der Waals surface area contributed by atoms with Gasteiger partial charge >= 0.3 is 6.03 Å². The van der Waals surface area contributed by atoms with Crippen LogP contribution in [0.25, 0.3) is 0 Å². The van der Waals surface area contributed by atoms with E-state index in [4.69, 9.17) is 4.42 Å². The lowest BCUT2D eigenvalue weighted by Gasteiger charge is -2.36. The van der Waals surface area contributed by atoms with Crippen LogP contribution in [-0.2, 0) is 6.54 Å². The number of furan rings is 1. The molecule has 2 heterocycles. The molecule has 0 aliphatic carbocycles. The van der Waals surface area contributed by atoms with Crippen molar-refractivity contribution < 1.29 is 14.0 Å². The Kier molecular flexibility index (Phi) is 7.42. The molecular formula is C26H30N4O3. The molecule has 7 heteroatoms. The van der Waals surface area contributed by atoms with Crippen LogP contribution in [0.3, 0.4) is 0 Å². The predicted octanol–water partition coefficient (Wildman–Crippen LogP) is 4.56. The van der Waals surface area contributed by atoms with Crippen LogP contribution in [0.15, 0.2) is 77.4 Å². The number of rotatable bonds is 7. The van der Waals surface area contributed by atoms with Crippen molar-refractivity contribution >= 4 is 17.6 Å². The molecule has 33 heavy (non-hydrogen) atoms. The molecule has 0 saturated carbocycles. The number of likely N-dealkylation sites (tertiary alicyclic amines) is 1. The zero-order chi connectivity index (χ0) is 23.0. The lowest BCUT2D eigenvalue weighted by Crippen LogP contribution is -2.48. The summed E-state index contributed by atoms with van der Waals surface area (Å²) < 4.78 is 5.11. The number of urea groups is 1. The number of nitrogens with zero attached hydrogens (tertiary/aromatic N) is 1. The molecular weight excluding hydrogens is 416 g/mol. The van der Waals surface area contributed by atoms with Gasteiger partial charge in [-0.3, -0.25) is 9.69 Å². The molecule has 172 valence electrons. The molecule has 1 aromatic heterocycles. The molecule has 0 bridgehead atoms. The maximum atomic E-state index is 12.4. The van der Waals surface area contributed by atoms with Crippen LogP contribution < -0.4 is 16.0 Å². The van der Waals surface area contributed by atoms with Crippen molar-refractivity contribution in [3.8, 4) is 0 Å². The zero-order valence-corrected chi connectivity index (χ0v) is 18.8. The Balaban J connectivity index is 1.20. The quantitative estimate of drug-likeness (QED) is 0.497. The maximum absolute atomic E-state index is 12.4. The monoisotopic (exact) mass is 446 g/mol. The highest BCUT2D eigenvalue weighted by Crippen LogP contribution is 2.24. The highest BCUT2D eigenvalue weighted by Gasteiger charge is 2.24. The van der Waals surface area contributed by atoms with E-state index in [2.05, 4.69) is 52.0 Å². The number of benzene rings is 2. The molecule has 1 unspecified atom stereocenters. The molecule has 3 amide bonds. The van der Waals surface area contributed by atoms with Crippen molar-refractivity contribution in [1.82, 2.24) is 15.5 Å². The van der Waals surface area contributed by atoms with E-state index in [-0.39, 0.29) is 23.7 Å². The third-order valence-corrected chi connectivity index (χ3v) is 6.08. The number of nitrogens with one attached hydrogen (secondary N) is 3. The first-order chi connectivity index (χ1) is 16.1. The van der Waals surface area contributed by atoms with Crippen LogP contribution >= 0.6 is 0 Å². The third-order valence-electron chi connectivity index (χ3n) is 6.08. The summed E-state index contributed by atoms with van der Waals surface area (Å²) >= 11 is 0. The Morgan fingerprint density at radius 3 is 2.55 bits per heavy atom. The van der Waals surface area contributed by atoms with Gasteiger partial charge in [-0.15, -0.1) is 0 Å². The molecule has 3 aromatic rings. The minimum atomic E-state index is -0.309. The van der Waals surface area contributed by atoms with Gasteiger partial charge in [0.25, 0.3) is 5.91 Å². The van der Waals surface area contributed by atoms with Gasteiger partial charge in [0.2, 0.25) is 0 Å². The van der Waals surface area contributed by atoms with Gasteiger partial charge in [0, 0.05) is 37.4 Å². The first-order valence-electron chi connectivity index (χ1n) is 11.4. The van der Waals surface area contributed by atoms with E-state index in [0.29, 0.717) is 18.3 Å². The van der Waals surface area contributed by atoms with Crippen LogP contribution in [-0.4, -0.2) is 36.0 Å². The van der Waals surface area contributed by atoms with Crippen molar-refractivity contribution in [3.05, 3.63) is 89.9 Å². The minimum Gasteiger partial charge on any atom is -0.459 e. The van der Waals surface area contributed by atoms with E-state index >= 15 is 0 Å². The molecule has 0 radical (unpaired) electrons. The zero-order valence-electron chi connectivity index (χ0n) is 18.8. The van der Waals surface area contributed by atoms with Crippen LogP contribution in [0.2, 0.25) is 0 Å². The standard InChI is InChI=1S/C26H30N4O3/c1-19(21-8-3-2-4-9-21)30-14-12-22(13-15-30)29-26(32)27-18-20-7-5-10-23(17-20)28-25(31)24-11-6-16-33-24/h2-11,16-17,19,22H,12-15,18H2,1H3,(H,28,31)(H2,27,29,32). The fraction of sp³-hybridized carbons (Fsp3) is 0.308. The van der Waals surface area contributed by atoms with Gasteiger partial charge in [0.15, 0.2) is 5.76 Å². The molecule has 1 atom stereocenters. The molecule has 1 saturated heterocycles. The van der Waals surface area contributed by atoms with Gasteiger partial charge in [-0.25, -0.2) is 4.79 Å². The molecule has 3 N–H and O–H groups in total. The van der Waals surface area contributed by atoms with Gasteiger partial charge in [-0.2, -0.15) is 0 Å². The van der Waals surface area contributed by atoms with Gasteiger partial charge in [0.1, 0.15) is 0 Å². The van der Waals surface area contributed by atoms with Gasteiger partial charge in [0.05, 0.1) is 6.26 Å². The second-order valence-electron chi connectivity index (χ2n) is 8.36. The van der Waals surface area contributed by atoms with Gasteiger partial charge in [-0.1, -0.05) is 42.5 Å². The number of piperidine rings is 1. The van der Waals surface area contributed by atoms with E-state index in [0.717, 1.165) is 31.5 Å². The van der Waals surface area contributed by atoms with E-state index < -0.39 is 0 Å². The second kappa shape index (κ2) is 10.8. The molecule has 4 rings (SSSR count).